The number of alkyl halides is 2. The molecule has 1 aliphatic rings. The highest BCUT2D eigenvalue weighted by molar-refractivity contribution is 7.89. The fourth-order valence-electron chi connectivity index (χ4n) is 1.62. The van der Waals surface area contributed by atoms with E-state index in [0.29, 0.717) is 4.31 Å². The Kier molecular flexibility index (Phi) is 3.53. The standard InChI is InChI=1S/C8H13F2NO4S/c1-11(4-7(12)13)16(14,15)5-6-2-8(9,10)3-6/h6H,2-5H2,1H3,(H,12,13). The Hall–Kier alpha value is -0.760. The maximum absolute atomic E-state index is 12.5. The maximum atomic E-state index is 12.5. The van der Waals surface area contributed by atoms with Gasteiger partial charge >= 0.3 is 5.97 Å². The summed E-state index contributed by atoms with van der Waals surface area (Å²) in [5.74, 6) is -5.01. The third kappa shape index (κ3) is 3.38. The van der Waals surface area contributed by atoms with Crippen molar-refractivity contribution in [2.75, 3.05) is 19.3 Å². The zero-order chi connectivity index (χ0) is 12.6. The fraction of sp³-hybridized carbons (Fsp3) is 0.875. The van der Waals surface area contributed by atoms with Crippen LogP contribution in [0.25, 0.3) is 0 Å². The van der Waals surface area contributed by atoms with Crippen LogP contribution in [-0.2, 0) is 14.8 Å². The van der Waals surface area contributed by atoms with Gasteiger partial charge in [0.2, 0.25) is 15.9 Å². The third-order valence-corrected chi connectivity index (χ3v) is 4.43. The van der Waals surface area contributed by atoms with Gasteiger partial charge in [-0.25, -0.2) is 17.2 Å². The van der Waals surface area contributed by atoms with Crippen LogP contribution >= 0.6 is 0 Å². The quantitative estimate of drug-likeness (QED) is 0.772. The molecule has 1 fully saturated rings. The molecule has 0 aliphatic heterocycles. The van der Waals surface area contributed by atoms with Crippen molar-refractivity contribution in [3.05, 3.63) is 0 Å². The number of carboxylic acids is 1. The first-order chi connectivity index (χ1) is 7.12. The van der Waals surface area contributed by atoms with E-state index < -0.39 is 53.0 Å². The van der Waals surface area contributed by atoms with E-state index in [4.69, 9.17) is 5.11 Å². The first-order valence-electron chi connectivity index (χ1n) is 4.66. The highest BCUT2D eigenvalue weighted by Crippen LogP contribution is 2.43. The molecule has 0 atom stereocenters. The molecular weight excluding hydrogens is 244 g/mol. The number of aliphatic carboxylic acids is 1. The lowest BCUT2D eigenvalue weighted by molar-refractivity contribution is -0.137. The molecule has 0 unspecified atom stereocenters. The Morgan fingerprint density at radius 2 is 2.00 bits per heavy atom. The summed E-state index contributed by atoms with van der Waals surface area (Å²) >= 11 is 0. The molecule has 94 valence electrons. The van der Waals surface area contributed by atoms with Gasteiger partial charge in [-0.3, -0.25) is 4.79 Å². The number of sulfonamides is 1. The molecular formula is C8H13F2NO4S. The zero-order valence-corrected chi connectivity index (χ0v) is 9.51. The summed E-state index contributed by atoms with van der Waals surface area (Å²) < 4.78 is 48.6. The van der Waals surface area contributed by atoms with Crippen LogP contribution < -0.4 is 0 Å². The van der Waals surface area contributed by atoms with Crippen LogP contribution in [0.3, 0.4) is 0 Å². The molecule has 8 heteroatoms. The average Bonchev–Trinajstić information content (AvgIpc) is 1.98. The molecule has 16 heavy (non-hydrogen) atoms. The summed E-state index contributed by atoms with van der Waals surface area (Å²) in [5, 5.41) is 8.41. The Morgan fingerprint density at radius 3 is 2.38 bits per heavy atom. The monoisotopic (exact) mass is 257 g/mol. The number of hydrogen-bond donors (Lipinski definition) is 1. The highest BCUT2D eigenvalue weighted by Gasteiger charge is 2.47. The molecule has 1 saturated carbocycles. The van der Waals surface area contributed by atoms with Crippen LogP contribution in [0, 0.1) is 5.92 Å². The van der Waals surface area contributed by atoms with Gasteiger partial charge < -0.3 is 5.11 Å². The van der Waals surface area contributed by atoms with Crippen molar-refractivity contribution < 1.29 is 27.1 Å². The molecule has 0 amide bonds. The number of carboxylic acid groups (broad SMARTS) is 1. The van der Waals surface area contributed by atoms with Crippen molar-refractivity contribution >= 4 is 16.0 Å². The summed E-state index contributed by atoms with van der Waals surface area (Å²) in [7, 11) is -2.62. The highest BCUT2D eigenvalue weighted by atomic mass is 32.2. The molecule has 0 aromatic carbocycles. The van der Waals surface area contributed by atoms with Crippen LogP contribution in [0.1, 0.15) is 12.8 Å². The molecule has 0 bridgehead atoms. The third-order valence-electron chi connectivity index (χ3n) is 2.45. The molecule has 0 spiro atoms. The minimum atomic E-state index is -3.75. The summed E-state index contributed by atoms with van der Waals surface area (Å²) in [6.45, 7) is -0.647. The molecule has 1 N–H and O–H groups in total. The summed E-state index contributed by atoms with van der Waals surface area (Å²) in [6.07, 6.45) is -0.875. The molecule has 0 radical (unpaired) electrons. The van der Waals surface area contributed by atoms with E-state index >= 15 is 0 Å². The largest absolute Gasteiger partial charge is 0.480 e. The molecule has 1 rings (SSSR count). The summed E-state index contributed by atoms with van der Waals surface area (Å²) in [6, 6.07) is 0. The number of hydrogen-bond acceptors (Lipinski definition) is 3. The SMILES string of the molecule is CN(CC(=O)O)S(=O)(=O)CC1CC(F)(F)C1. The Morgan fingerprint density at radius 1 is 1.50 bits per heavy atom. The second-order valence-electron chi connectivity index (χ2n) is 4.06. The van der Waals surface area contributed by atoms with Crippen LogP contribution in [0.4, 0.5) is 8.78 Å². The normalized spacial score (nSPS) is 20.8. The van der Waals surface area contributed by atoms with Crippen molar-refractivity contribution in [1.82, 2.24) is 4.31 Å². The van der Waals surface area contributed by atoms with Crippen LogP contribution in [0.5, 0.6) is 0 Å². The van der Waals surface area contributed by atoms with E-state index in [-0.39, 0.29) is 0 Å². The molecule has 5 nitrogen and oxygen atoms in total. The Labute approximate surface area is 92.1 Å². The first-order valence-corrected chi connectivity index (χ1v) is 6.27. The van der Waals surface area contributed by atoms with Gasteiger partial charge in [-0.05, 0) is 5.92 Å². The number of nitrogens with zero attached hydrogens (tertiary/aromatic N) is 1. The van der Waals surface area contributed by atoms with Gasteiger partial charge in [-0.2, -0.15) is 4.31 Å². The topological polar surface area (TPSA) is 74.7 Å². The second-order valence-corrected chi connectivity index (χ2v) is 6.18. The number of rotatable bonds is 5. The Balaban J connectivity index is 2.50. The predicted molar refractivity (Wildman–Crippen MR) is 51.7 cm³/mol. The number of halogens is 2. The number of carbonyl (C=O) groups is 1. The summed E-state index contributed by atoms with van der Waals surface area (Å²) in [4.78, 5) is 10.3. The summed E-state index contributed by atoms with van der Waals surface area (Å²) in [5.41, 5.74) is 0. The van der Waals surface area contributed by atoms with Gasteiger partial charge in [0.25, 0.3) is 0 Å². The molecule has 1 aliphatic carbocycles. The van der Waals surface area contributed by atoms with Crippen molar-refractivity contribution in [3.8, 4) is 0 Å². The van der Waals surface area contributed by atoms with Gasteiger partial charge in [-0.15, -0.1) is 0 Å². The lowest BCUT2D eigenvalue weighted by Crippen LogP contribution is -2.43. The van der Waals surface area contributed by atoms with Crippen LogP contribution in [-0.4, -0.2) is 49.1 Å². The molecule has 0 heterocycles. The van der Waals surface area contributed by atoms with Crippen LogP contribution in [0.15, 0.2) is 0 Å². The second kappa shape index (κ2) is 4.25. The van der Waals surface area contributed by atoms with Gasteiger partial charge in [0.1, 0.15) is 6.54 Å². The minimum absolute atomic E-state index is 0.410. The van der Waals surface area contributed by atoms with Crippen molar-refractivity contribution in [3.63, 3.8) is 0 Å². The minimum Gasteiger partial charge on any atom is -0.480 e. The molecule has 0 saturated heterocycles. The van der Waals surface area contributed by atoms with E-state index in [2.05, 4.69) is 0 Å². The van der Waals surface area contributed by atoms with Gasteiger partial charge in [0.15, 0.2) is 0 Å². The fourth-order valence-corrected chi connectivity index (χ4v) is 3.01. The lowest BCUT2D eigenvalue weighted by Gasteiger charge is -2.35. The van der Waals surface area contributed by atoms with E-state index in [9.17, 15) is 22.0 Å². The van der Waals surface area contributed by atoms with Crippen molar-refractivity contribution in [2.45, 2.75) is 18.8 Å². The Bertz CT molecular complexity index is 373. The van der Waals surface area contributed by atoms with E-state index in [1.165, 1.54) is 0 Å². The molecule has 0 aromatic heterocycles. The van der Waals surface area contributed by atoms with E-state index in [1.807, 2.05) is 0 Å². The van der Waals surface area contributed by atoms with E-state index in [1.54, 1.807) is 0 Å². The smallest absolute Gasteiger partial charge is 0.318 e. The van der Waals surface area contributed by atoms with Crippen molar-refractivity contribution in [1.29, 1.82) is 0 Å². The van der Waals surface area contributed by atoms with Crippen molar-refractivity contribution in [2.24, 2.45) is 5.92 Å². The van der Waals surface area contributed by atoms with Gasteiger partial charge in [0, 0.05) is 19.9 Å². The predicted octanol–water partition coefficient (Wildman–Crippen LogP) is 0.378. The average molecular weight is 257 g/mol. The van der Waals surface area contributed by atoms with E-state index in [0.717, 1.165) is 7.05 Å². The van der Waals surface area contributed by atoms with Gasteiger partial charge in [0.05, 0.1) is 5.75 Å². The zero-order valence-electron chi connectivity index (χ0n) is 8.69. The maximum Gasteiger partial charge on any atom is 0.318 e. The molecule has 0 aromatic rings. The van der Waals surface area contributed by atoms with Crippen LogP contribution in [0.2, 0.25) is 0 Å². The van der Waals surface area contributed by atoms with Gasteiger partial charge in [-0.1, -0.05) is 0 Å². The number of likely N-dealkylation sites (N-methyl/N-ethyl adjacent to an activating group) is 1. The first kappa shape index (κ1) is 13.3. The lowest BCUT2D eigenvalue weighted by atomic mass is 9.83.